The van der Waals surface area contributed by atoms with E-state index < -0.39 is 10.0 Å². The van der Waals surface area contributed by atoms with Gasteiger partial charge in [0.05, 0.1) is 4.90 Å². The van der Waals surface area contributed by atoms with E-state index in [1.54, 1.807) is 36.0 Å². The van der Waals surface area contributed by atoms with E-state index in [0.29, 0.717) is 17.7 Å². The van der Waals surface area contributed by atoms with Gasteiger partial charge in [-0.25, -0.2) is 13.1 Å². The first-order valence-corrected chi connectivity index (χ1v) is 12.5. The van der Waals surface area contributed by atoms with Gasteiger partial charge in [-0.2, -0.15) is 0 Å². The number of rotatable bonds is 10. The van der Waals surface area contributed by atoms with Gasteiger partial charge in [-0.3, -0.25) is 9.59 Å². The highest BCUT2D eigenvalue weighted by Gasteiger charge is 2.14. The average Bonchev–Trinajstić information content (AvgIpc) is 2.81. The Labute approximate surface area is 192 Å². The van der Waals surface area contributed by atoms with E-state index in [1.165, 1.54) is 31.2 Å². The number of hydrogen-bond donors (Lipinski definition) is 2. The van der Waals surface area contributed by atoms with Gasteiger partial charge in [0.2, 0.25) is 10.0 Å². The van der Waals surface area contributed by atoms with E-state index in [9.17, 15) is 18.0 Å². The van der Waals surface area contributed by atoms with Crippen molar-refractivity contribution in [2.75, 3.05) is 12.3 Å². The largest absolute Gasteiger partial charge is 0.351 e. The molecule has 0 aliphatic heterocycles. The number of carbonyl (C=O) groups is 2. The summed E-state index contributed by atoms with van der Waals surface area (Å²) in [5.41, 5.74) is 1.70. The van der Waals surface area contributed by atoms with Crippen LogP contribution in [0, 0.1) is 0 Å². The summed E-state index contributed by atoms with van der Waals surface area (Å²) < 4.78 is 27.4. The number of ketones is 1. The highest BCUT2D eigenvalue weighted by atomic mass is 32.2. The van der Waals surface area contributed by atoms with Crippen LogP contribution in [-0.2, 0) is 16.6 Å². The molecular weight excluding hydrogens is 444 g/mol. The van der Waals surface area contributed by atoms with Crippen molar-refractivity contribution in [2.24, 2.45) is 0 Å². The Morgan fingerprint density at radius 2 is 1.47 bits per heavy atom. The summed E-state index contributed by atoms with van der Waals surface area (Å²) in [6, 6.07) is 22.5. The summed E-state index contributed by atoms with van der Waals surface area (Å²) in [5.74, 6) is 0.473. The van der Waals surface area contributed by atoms with Gasteiger partial charge in [-0.15, -0.1) is 11.8 Å². The second-order valence-electron chi connectivity index (χ2n) is 7.02. The number of amides is 1. The zero-order valence-electron chi connectivity index (χ0n) is 17.6. The summed E-state index contributed by atoms with van der Waals surface area (Å²) >= 11 is 1.67. The van der Waals surface area contributed by atoms with Crippen molar-refractivity contribution < 1.29 is 18.0 Å². The van der Waals surface area contributed by atoms with Gasteiger partial charge in [0.15, 0.2) is 5.78 Å². The number of hydrogen-bond acceptors (Lipinski definition) is 5. The predicted octanol–water partition coefficient (Wildman–Crippen LogP) is 3.89. The Morgan fingerprint density at radius 1 is 0.844 bits per heavy atom. The van der Waals surface area contributed by atoms with Crippen LogP contribution in [0.3, 0.4) is 0 Å². The van der Waals surface area contributed by atoms with Gasteiger partial charge in [0, 0.05) is 34.9 Å². The predicted molar refractivity (Wildman–Crippen MR) is 126 cm³/mol. The highest BCUT2D eigenvalue weighted by Crippen LogP contribution is 2.16. The van der Waals surface area contributed by atoms with E-state index in [0.717, 1.165) is 16.2 Å². The van der Waals surface area contributed by atoms with Crippen LogP contribution in [-0.4, -0.2) is 32.4 Å². The second kappa shape index (κ2) is 11.1. The lowest BCUT2D eigenvalue weighted by atomic mass is 10.1. The van der Waals surface area contributed by atoms with E-state index in [-0.39, 0.29) is 23.1 Å². The number of thioether (sulfide) groups is 1. The monoisotopic (exact) mass is 468 g/mol. The van der Waals surface area contributed by atoms with Crippen molar-refractivity contribution in [2.45, 2.75) is 23.3 Å². The minimum absolute atomic E-state index is 0.0897. The van der Waals surface area contributed by atoms with Crippen molar-refractivity contribution in [1.29, 1.82) is 0 Å². The molecular formula is C24H24N2O4S2. The number of nitrogens with one attached hydrogen (secondary N) is 2. The summed E-state index contributed by atoms with van der Waals surface area (Å²) in [4.78, 5) is 24.9. The molecule has 0 radical (unpaired) electrons. The lowest BCUT2D eigenvalue weighted by molar-refractivity contribution is 0.0955. The summed E-state index contributed by atoms with van der Waals surface area (Å²) in [6.07, 6.45) is 0. The maximum absolute atomic E-state index is 12.4. The molecule has 32 heavy (non-hydrogen) atoms. The number of carbonyl (C=O) groups excluding carboxylic acids is 2. The van der Waals surface area contributed by atoms with Gasteiger partial charge in [-0.1, -0.05) is 42.5 Å². The van der Waals surface area contributed by atoms with Gasteiger partial charge >= 0.3 is 0 Å². The summed E-state index contributed by atoms with van der Waals surface area (Å²) in [7, 11) is -3.71. The normalized spacial score (nSPS) is 11.2. The maximum Gasteiger partial charge on any atom is 0.251 e. The van der Waals surface area contributed by atoms with Crippen LogP contribution in [0.2, 0.25) is 0 Å². The fourth-order valence-electron chi connectivity index (χ4n) is 2.86. The molecule has 2 N–H and O–H groups in total. The Kier molecular flexibility index (Phi) is 8.21. The van der Waals surface area contributed by atoms with Crippen LogP contribution in [0.4, 0.5) is 0 Å². The third-order valence-electron chi connectivity index (χ3n) is 4.65. The third-order valence-corrected chi connectivity index (χ3v) is 7.08. The Balaban J connectivity index is 1.48. The van der Waals surface area contributed by atoms with Crippen molar-refractivity contribution in [3.05, 3.63) is 95.6 Å². The smallest absolute Gasteiger partial charge is 0.251 e. The first kappa shape index (κ1) is 23.7. The Hall–Kier alpha value is -2.94. The molecule has 1 amide bonds. The molecule has 0 heterocycles. The molecule has 0 unspecified atom stereocenters. The molecule has 3 aromatic carbocycles. The van der Waals surface area contributed by atoms with Crippen LogP contribution in [0.5, 0.6) is 0 Å². The molecule has 0 fully saturated rings. The highest BCUT2D eigenvalue weighted by molar-refractivity contribution is 7.99. The molecule has 3 rings (SSSR count). The van der Waals surface area contributed by atoms with Crippen LogP contribution < -0.4 is 10.0 Å². The molecule has 0 aromatic heterocycles. The topological polar surface area (TPSA) is 92.3 Å². The SMILES string of the molecule is CC(=O)c1ccc(S(=O)(=O)NCc2ccc(C(=O)NCCSc3ccccc3)cc2)cc1. The first-order chi connectivity index (χ1) is 15.3. The third kappa shape index (κ3) is 6.78. The minimum Gasteiger partial charge on any atom is -0.351 e. The molecule has 166 valence electrons. The van der Waals surface area contributed by atoms with Crippen LogP contribution in [0.15, 0.2) is 88.7 Å². The molecule has 8 heteroatoms. The lowest BCUT2D eigenvalue weighted by Gasteiger charge is -2.09. The molecule has 0 atom stereocenters. The molecule has 6 nitrogen and oxygen atoms in total. The number of benzene rings is 3. The fraction of sp³-hybridized carbons (Fsp3) is 0.167. The van der Waals surface area contributed by atoms with Crippen molar-refractivity contribution >= 4 is 33.5 Å². The van der Waals surface area contributed by atoms with Crippen molar-refractivity contribution in [3.63, 3.8) is 0 Å². The van der Waals surface area contributed by atoms with Gasteiger partial charge in [0.25, 0.3) is 5.91 Å². The fourth-order valence-corrected chi connectivity index (χ4v) is 4.66. The lowest BCUT2D eigenvalue weighted by Crippen LogP contribution is -2.26. The molecule has 3 aromatic rings. The van der Waals surface area contributed by atoms with E-state index in [2.05, 4.69) is 10.0 Å². The standard InChI is InChI=1S/C24H24N2O4S2/c1-18(27)20-11-13-23(14-12-20)32(29,30)26-17-19-7-9-21(10-8-19)24(28)25-15-16-31-22-5-3-2-4-6-22/h2-14,26H,15-17H2,1H3,(H,25,28). The van der Waals surface area contributed by atoms with Crippen molar-refractivity contribution in [1.82, 2.24) is 10.0 Å². The van der Waals surface area contributed by atoms with Gasteiger partial charge in [-0.05, 0) is 48.9 Å². The van der Waals surface area contributed by atoms with Crippen LogP contribution >= 0.6 is 11.8 Å². The number of Topliss-reactive ketones (excluding diaryl/α,β-unsaturated/α-hetero) is 1. The van der Waals surface area contributed by atoms with Crippen LogP contribution in [0.1, 0.15) is 33.2 Å². The zero-order valence-corrected chi connectivity index (χ0v) is 19.2. The van der Waals surface area contributed by atoms with Crippen molar-refractivity contribution in [3.8, 4) is 0 Å². The number of sulfonamides is 1. The van der Waals surface area contributed by atoms with E-state index in [4.69, 9.17) is 0 Å². The quantitative estimate of drug-likeness (QED) is 0.268. The second-order valence-corrected chi connectivity index (χ2v) is 9.95. The average molecular weight is 469 g/mol. The Bertz CT molecular complexity index is 1160. The molecule has 0 saturated heterocycles. The zero-order chi connectivity index (χ0) is 23.0. The Morgan fingerprint density at radius 3 is 2.09 bits per heavy atom. The molecule has 0 aliphatic rings. The summed E-state index contributed by atoms with van der Waals surface area (Å²) in [6.45, 7) is 2.06. The van der Waals surface area contributed by atoms with E-state index >= 15 is 0 Å². The maximum atomic E-state index is 12.4. The molecule has 0 aliphatic carbocycles. The first-order valence-electron chi connectivity index (χ1n) is 10.0. The molecule has 0 bridgehead atoms. The molecule has 0 spiro atoms. The van der Waals surface area contributed by atoms with Crippen LogP contribution in [0.25, 0.3) is 0 Å². The van der Waals surface area contributed by atoms with Gasteiger partial charge in [0.1, 0.15) is 0 Å². The molecule has 0 saturated carbocycles. The minimum atomic E-state index is -3.71. The van der Waals surface area contributed by atoms with Gasteiger partial charge < -0.3 is 5.32 Å². The summed E-state index contributed by atoms with van der Waals surface area (Å²) in [5, 5.41) is 2.88. The van der Waals surface area contributed by atoms with E-state index in [1.807, 2.05) is 30.3 Å².